The van der Waals surface area contributed by atoms with E-state index in [1.165, 1.54) is 0 Å². The Morgan fingerprint density at radius 3 is 2.84 bits per heavy atom. The summed E-state index contributed by atoms with van der Waals surface area (Å²) in [5, 5.41) is 13.2. The Labute approximate surface area is 179 Å². The van der Waals surface area contributed by atoms with Crippen molar-refractivity contribution in [1.29, 1.82) is 0 Å². The van der Waals surface area contributed by atoms with Gasteiger partial charge in [0, 0.05) is 17.3 Å². The Hall–Kier alpha value is -3.37. The van der Waals surface area contributed by atoms with Crippen LogP contribution in [0, 0.1) is 5.92 Å². The first kappa shape index (κ1) is 19.6. The predicted octanol–water partition coefficient (Wildman–Crippen LogP) is 1.50. The third-order valence-electron chi connectivity index (χ3n) is 6.43. The molecule has 0 aromatic heterocycles. The van der Waals surface area contributed by atoms with Gasteiger partial charge in [-0.2, -0.15) is 0 Å². The van der Waals surface area contributed by atoms with Crippen LogP contribution in [0.25, 0.3) is 0 Å². The molecule has 1 aromatic carbocycles. The van der Waals surface area contributed by atoms with Gasteiger partial charge in [0.25, 0.3) is 5.96 Å². The molecule has 4 aliphatic rings. The highest BCUT2D eigenvalue weighted by molar-refractivity contribution is 6.30. The van der Waals surface area contributed by atoms with Gasteiger partial charge in [0.1, 0.15) is 6.21 Å². The maximum atomic E-state index is 12.2. The Balaban J connectivity index is 1.40. The number of nitrogens with two attached hydrogens (primary N) is 1. The fraction of sp³-hybridized carbons (Fsp3) is 0.381. The summed E-state index contributed by atoms with van der Waals surface area (Å²) in [7, 11) is 0. The summed E-state index contributed by atoms with van der Waals surface area (Å²) >= 11 is 0. The first-order chi connectivity index (χ1) is 14.8. The van der Waals surface area contributed by atoms with Crippen molar-refractivity contribution >= 4 is 41.2 Å². The van der Waals surface area contributed by atoms with E-state index in [2.05, 4.69) is 25.6 Å². The highest BCUT2D eigenvalue weighted by atomic mass is 16.2. The number of piperidine rings is 1. The lowest BCUT2D eigenvalue weighted by atomic mass is 9.86. The number of guanidine groups is 1. The summed E-state index contributed by atoms with van der Waals surface area (Å²) in [5.41, 5.74) is 7.48. The zero-order chi connectivity index (χ0) is 21.8. The van der Waals surface area contributed by atoms with Crippen molar-refractivity contribution in [3.63, 3.8) is 0 Å². The van der Waals surface area contributed by atoms with Crippen LogP contribution < -0.4 is 16.4 Å². The summed E-state index contributed by atoms with van der Waals surface area (Å²) in [4.78, 5) is 32.6. The molecule has 10 heteroatoms. The van der Waals surface area contributed by atoms with Crippen molar-refractivity contribution in [2.45, 2.75) is 32.1 Å². The highest BCUT2D eigenvalue weighted by Crippen LogP contribution is 2.39. The number of carbonyl (C=O) groups is 2. The molecule has 1 saturated heterocycles. The quantitative estimate of drug-likeness (QED) is 0.640. The van der Waals surface area contributed by atoms with Gasteiger partial charge >= 0.3 is 5.84 Å². The number of anilines is 2. The predicted molar refractivity (Wildman–Crippen MR) is 118 cm³/mol. The molecule has 31 heavy (non-hydrogen) atoms. The Morgan fingerprint density at radius 2 is 2.10 bits per heavy atom. The number of nitrogens with zero attached hydrogens (tertiary/aromatic N) is 5. The smallest absolute Gasteiger partial charge is 0.301 e. The molecular formula is C21H25N8O2+. The van der Waals surface area contributed by atoms with E-state index in [0.717, 1.165) is 16.9 Å². The SMILES string of the molecule is CC1(C)C(=O)Nc2cc(NC3=N[N+]4(N5CCC(C(N)=O)CC5)C=CN=CC4=N3)ccc21. The molecule has 4 N–H and O–H groups in total. The van der Waals surface area contributed by atoms with E-state index in [1.54, 1.807) is 12.4 Å². The lowest BCUT2D eigenvalue weighted by molar-refractivity contribution is -0.918. The number of primary amides is 1. The third kappa shape index (κ3) is 3.06. The number of carbonyl (C=O) groups excluding carboxylic acids is 2. The van der Waals surface area contributed by atoms with E-state index in [1.807, 2.05) is 38.2 Å². The van der Waals surface area contributed by atoms with Crippen LogP contribution in [0.5, 0.6) is 0 Å². The van der Waals surface area contributed by atoms with Gasteiger partial charge in [-0.15, -0.1) is 10.0 Å². The topological polar surface area (TPSA) is 125 Å². The first-order valence-corrected chi connectivity index (χ1v) is 10.4. The number of hydrogen-bond acceptors (Lipinski definition) is 7. The number of quaternary nitrogens is 1. The van der Waals surface area contributed by atoms with Gasteiger partial charge in [-0.25, -0.2) is 0 Å². The summed E-state index contributed by atoms with van der Waals surface area (Å²) in [5.74, 6) is 0.767. The van der Waals surface area contributed by atoms with Crippen LogP contribution >= 0.6 is 0 Å². The number of hydrogen-bond donors (Lipinski definition) is 3. The standard InChI is InChI=1S/C21H24N8O2/c1-21(2)15-4-3-14(11-16(15)25-19(21)31)24-20-26-17-12-23-7-10-29(17,27-20)28-8-5-13(6-9-28)18(22)30/h3-4,7,10-13H,5-6,8-9H2,1-2H3,(H3-,22,24,25,27,30,31)/p+1. The lowest BCUT2D eigenvalue weighted by Gasteiger charge is -2.38. The molecule has 0 saturated carbocycles. The Morgan fingerprint density at radius 1 is 1.32 bits per heavy atom. The molecule has 4 heterocycles. The van der Waals surface area contributed by atoms with Gasteiger partial charge < -0.3 is 16.4 Å². The van der Waals surface area contributed by atoms with Crippen molar-refractivity contribution < 1.29 is 14.3 Å². The zero-order valence-electron chi connectivity index (χ0n) is 17.5. The summed E-state index contributed by atoms with van der Waals surface area (Å²) < 4.78 is 0.0893. The van der Waals surface area contributed by atoms with Crippen molar-refractivity contribution in [3.8, 4) is 0 Å². The van der Waals surface area contributed by atoms with Gasteiger partial charge in [-0.3, -0.25) is 14.6 Å². The fourth-order valence-corrected chi connectivity index (χ4v) is 4.48. The van der Waals surface area contributed by atoms with Crippen LogP contribution in [0.4, 0.5) is 11.4 Å². The van der Waals surface area contributed by atoms with Crippen LogP contribution in [-0.4, -0.2) is 52.6 Å². The molecular weight excluding hydrogens is 396 g/mol. The van der Waals surface area contributed by atoms with E-state index in [-0.39, 0.29) is 22.4 Å². The van der Waals surface area contributed by atoms with Crippen LogP contribution in [0.3, 0.4) is 0 Å². The van der Waals surface area contributed by atoms with Crippen LogP contribution in [0.1, 0.15) is 32.3 Å². The first-order valence-electron chi connectivity index (χ1n) is 10.4. The monoisotopic (exact) mass is 421 g/mol. The molecule has 1 fully saturated rings. The van der Waals surface area contributed by atoms with E-state index in [4.69, 9.17) is 10.8 Å². The zero-order valence-corrected chi connectivity index (χ0v) is 17.5. The van der Waals surface area contributed by atoms with Crippen LogP contribution in [-0.2, 0) is 15.0 Å². The molecule has 0 spiro atoms. The minimum Gasteiger partial charge on any atom is -0.369 e. The van der Waals surface area contributed by atoms with Gasteiger partial charge in [-0.05, 0) is 54.2 Å². The number of benzene rings is 1. The van der Waals surface area contributed by atoms with Gasteiger partial charge in [0.2, 0.25) is 11.8 Å². The van der Waals surface area contributed by atoms with Crippen LogP contribution in [0.2, 0.25) is 0 Å². The molecule has 0 bridgehead atoms. The summed E-state index contributed by atoms with van der Waals surface area (Å²) in [6.45, 7) is 5.16. The molecule has 160 valence electrons. The molecule has 1 atom stereocenters. The molecule has 10 nitrogen and oxygen atoms in total. The summed E-state index contributed by atoms with van der Waals surface area (Å²) in [6, 6.07) is 5.77. The van der Waals surface area contributed by atoms with E-state index < -0.39 is 5.41 Å². The molecule has 0 aliphatic carbocycles. The number of rotatable bonds is 3. The maximum Gasteiger partial charge on any atom is 0.301 e. The van der Waals surface area contributed by atoms with Gasteiger partial charge in [0.05, 0.1) is 24.7 Å². The third-order valence-corrected chi connectivity index (χ3v) is 6.43. The fourth-order valence-electron chi connectivity index (χ4n) is 4.48. The Kier molecular flexibility index (Phi) is 4.31. The second-order valence-electron chi connectivity index (χ2n) is 8.71. The van der Waals surface area contributed by atoms with E-state index in [9.17, 15) is 9.59 Å². The minimum absolute atomic E-state index is 0.0135. The number of aliphatic imine (C=N–C) groups is 2. The number of nitrogens with one attached hydrogen (secondary N) is 2. The van der Waals surface area contributed by atoms with Gasteiger partial charge in [-0.1, -0.05) is 6.07 Å². The minimum atomic E-state index is -0.548. The highest BCUT2D eigenvalue weighted by Gasteiger charge is 2.48. The normalized spacial score (nSPS) is 26.7. The van der Waals surface area contributed by atoms with Crippen molar-refractivity contribution in [2.24, 2.45) is 26.7 Å². The molecule has 1 aromatic rings. The Bertz CT molecular complexity index is 1090. The second-order valence-corrected chi connectivity index (χ2v) is 8.71. The van der Waals surface area contributed by atoms with Crippen LogP contribution in [0.15, 0.2) is 45.7 Å². The molecule has 2 amide bonds. The molecule has 1 unspecified atom stereocenters. The molecule has 0 radical (unpaired) electrons. The second kappa shape index (κ2) is 6.82. The average Bonchev–Trinajstić information content (AvgIpc) is 3.22. The largest absolute Gasteiger partial charge is 0.369 e. The average molecular weight is 421 g/mol. The number of amidine groups is 1. The lowest BCUT2D eigenvalue weighted by Crippen LogP contribution is -2.59. The van der Waals surface area contributed by atoms with Gasteiger partial charge in [0.15, 0.2) is 6.20 Å². The van der Waals surface area contributed by atoms with Crippen molar-refractivity contribution in [1.82, 2.24) is 5.01 Å². The summed E-state index contributed by atoms with van der Waals surface area (Å²) in [6.07, 6.45) is 6.66. The number of fused-ring (bicyclic) bond motifs is 2. The van der Waals surface area contributed by atoms with Crippen molar-refractivity contribution in [2.75, 3.05) is 23.7 Å². The maximum absolute atomic E-state index is 12.2. The van der Waals surface area contributed by atoms with E-state index in [0.29, 0.717) is 37.7 Å². The molecule has 5 rings (SSSR count). The van der Waals surface area contributed by atoms with E-state index >= 15 is 0 Å². The number of amides is 2. The van der Waals surface area contributed by atoms with Crippen molar-refractivity contribution in [3.05, 3.63) is 36.2 Å². The molecule has 4 aliphatic heterocycles.